The van der Waals surface area contributed by atoms with Crippen LogP contribution in [0.15, 0.2) is 59.4 Å². The zero-order valence-corrected chi connectivity index (χ0v) is 24.9. The van der Waals surface area contributed by atoms with Crippen molar-refractivity contribution in [2.75, 3.05) is 7.11 Å². The molecule has 230 valence electrons. The van der Waals surface area contributed by atoms with Gasteiger partial charge in [-0.3, -0.25) is 28.8 Å². The molecule has 13 nitrogen and oxygen atoms in total. The number of nitrogens with one attached hydrogen (secondary N) is 2. The highest BCUT2D eigenvalue weighted by atomic mass is 35.5. The summed E-state index contributed by atoms with van der Waals surface area (Å²) in [7, 11) is 1.11. The first-order chi connectivity index (χ1) is 21.9. The molecule has 0 radical (unpaired) electrons. The van der Waals surface area contributed by atoms with Crippen LogP contribution in [0.25, 0.3) is 22.3 Å². The number of ether oxygens (including phenoxy) is 1. The third-order valence-corrected chi connectivity index (χ3v) is 9.67. The zero-order chi connectivity index (χ0) is 32.8. The van der Waals surface area contributed by atoms with Crippen molar-refractivity contribution in [3.8, 4) is 11.5 Å². The van der Waals surface area contributed by atoms with E-state index in [0.717, 1.165) is 24.5 Å². The first kappa shape index (κ1) is 29.1. The van der Waals surface area contributed by atoms with Gasteiger partial charge in [-0.15, -0.1) is 11.3 Å². The molecule has 4 aliphatic rings. The van der Waals surface area contributed by atoms with Crippen LogP contribution in [0, 0.1) is 10.4 Å². The summed E-state index contributed by atoms with van der Waals surface area (Å²) >= 11 is 6.91. The predicted octanol–water partition coefficient (Wildman–Crippen LogP) is -0.00752. The third-order valence-electron chi connectivity index (χ3n) is 8.44. The SMILES string of the molecule is COc1cc(=O)c2c(=O)c3c(c(=O)c=2c1=O)=C(O)[C@]1(CCc2cc4cc(C=NNC(=O)c5ccc(Cl)s5)[nH]c(=O)c4c(O)c21)C=3O. The van der Waals surface area contributed by atoms with Gasteiger partial charge >= 0.3 is 0 Å². The van der Waals surface area contributed by atoms with Crippen LogP contribution in [0.3, 0.4) is 0 Å². The minimum Gasteiger partial charge on any atom is -0.510 e. The average molecular weight is 660 g/mol. The smallest absolute Gasteiger partial charge is 0.281 e. The average Bonchev–Trinajstić information content (AvgIpc) is 3.68. The Morgan fingerprint density at radius 1 is 1.00 bits per heavy atom. The lowest BCUT2D eigenvalue weighted by Gasteiger charge is -2.27. The van der Waals surface area contributed by atoms with Crippen molar-refractivity contribution in [3.63, 3.8) is 0 Å². The minimum absolute atomic E-state index is 0.106. The van der Waals surface area contributed by atoms with Crippen LogP contribution in [0.5, 0.6) is 11.5 Å². The van der Waals surface area contributed by atoms with Gasteiger partial charge in [-0.2, -0.15) is 5.10 Å². The molecule has 7 rings (SSSR count). The van der Waals surface area contributed by atoms with E-state index in [1.807, 2.05) is 0 Å². The second kappa shape index (κ2) is 9.95. The number of aromatic nitrogens is 1. The Labute approximate surface area is 262 Å². The summed E-state index contributed by atoms with van der Waals surface area (Å²) in [6.45, 7) is 0. The number of aliphatic hydroxyl groups is 2. The van der Waals surface area contributed by atoms with E-state index in [-0.39, 0.29) is 34.9 Å². The van der Waals surface area contributed by atoms with E-state index < -0.39 is 82.5 Å². The molecular weight excluding hydrogens is 642 g/mol. The van der Waals surface area contributed by atoms with Crippen molar-refractivity contribution in [2.45, 2.75) is 18.3 Å². The molecule has 2 aromatic heterocycles. The molecule has 1 spiro atoms. The molecule has 3 aromatic rings. The summed E-state index contributed by atoms with van der Waals surface area (Å²) in [6, 6.07) is 6.88. The molecule has 0 saturated carbocycles. The minimum atomic E-state index is -2.01. The van der Waals surface area contributed by atoms with Gasteiger partial charge in [0.1, 0.15) is 22.7 Å². The summed E-state index contributed by atoms with van der Waals surface area (Å²) in [4.78, 5) is 81.2. The number of hydrogen-bond donors (Lipinski definition) is 5. The highest BCUT2D eigenvalue weighted by molar-refractivity contribution is 7.18. The second-order valence-corrected chi connectivity index (χ2v) is 12.5. The van der Waals surface area contributed by atoms with Crippen LogP contribution in [-0.4, -0.2) is 39.5 Å². The number of carbonyl (C=O) groups is 1. The van der Waals surface area contributed by atoms with Crippen LogP contribution in [0.2, 0.25) is 4.34 Å². The van der Waals surface area contributed by atoms with Gasteiger partial charge in [0.05, 0.1) is 54.5 Å². The number of amides is 1. The molecule has 1 atom stereocenters. The number of aryl methyl sites for hydroxylation is 1. The topological polar surface area (TPSA) is 213 Å². The lowest BCUT2D eigenvalue weighted by atomic mass is 9.78. The number of phenols is 1. The van der Waals surface area contributed by atoms with Crippen molar-refractivity contribution in [1.29, 1.82) is 0 Å². The van der Waals surface area contributed by atoms with Crippen molar-refractivity contribution >= 4 is 57.4 Å². The van der Waals surface area contributed by atoms with Crippen LogP contribution in [0.1, 0.15) is 32.9 Å². The van der Waals surface area contributed by atoms with Crippen molar-refractivity contribution in [2.24, 2.45) is 5.10 Å². The van der Waals surface area contributed by atoms with E-state index in [0.29, 0.717) is 14.8 Å². The summed E-state index contributed by atoms with van der Waals surface area (Å²) < 4.78 is 5.31. The molecule has 1 aromatic carbocycles. The number of aromatic amines is 1. The van der Waals surface area contributed by atoms with E-state index in [4.69, 9.17) is 16.3 Å². The molecule has 46 heavy (non-hydrogen) atoms. The van der Waals surface area contributed by atoms with Gasteiger partial charge in [0.2, 0.25) is 16.3 Å². The highest BCUT2D eigenvalue weighted by Crippen LogP contribution is 2.54. The number of phenolic OH excluding ortho intramolecular Hbond substituents is 1. The molecule has 4 aliphatic carbocycles. The largest absolute Gasteiger partial charge is 0.510 e. The molecule has 15 heteroatoms. The summed E-state index contributed by atoms with van der Waals surface area (Å²) in [5, 5.41) is 35.6. The maximum Gasteiger partial charge on any atom is 0.281 e. The van der Waals surface area contributed by atoms with Crippen LogP contribution >= 0.6 is 22.9 Å². The second-order valence-electron chi connectivity index (χ2n) is 10.7. The number of benzene rings is 1. The molecule has 2 heterocycles. The first-order valence-corrected chi connectivity index (χ1v) is 14.7. The Bertz CT molecular complexity index is 2740. The van der Waals surface area contributed by atoms with Gasteiger partial charge < -0.3 is 25.0 Å². The Kier molecular flexibility index (Phi) is 6.30. The van der Waals surface area contributed by atoms with Gasteiger partial charge in [-0.05, 0) is 42.0 Å². The number of thiophene rings is 1. The van der Waals surface area contributed by atoms with Crippen molar-refractivity contribution < 1.29 is 24.9 Å². The number of hydrogen-bond acceptors (Lipinski definition) is 12. The fourth-order valence-corrected chi connectivity index (χ4v) is 7.42. The molecule has 0 fully saturated rings. The lowest BCUT2D eigenvalue weighted by Crippen LogP contribution is -2.51. The first-order valence-electron chi connectivity index (χ1n) is 13.5. The normalized spacial score (nSPS) is 17.0. The molecule has 5 N–H and O–H groups in total. The molecule has 0 bridgehead atoms. The van der Waals surface area contributed by atoms with Gasteiger partial charge in [0.25, 0.3) is 11.5 Å². The highest BCUT2D eigenvalue weighted by Gasteiger charge is 2.53. The van der Waals surface area contributed by atoms with Crippen LogP contribution < -0.4 is 47.9 Å². The summed E-state index contributed by atoms with van der Waals surface area (Å²) in [6.07, 6.45) is 1.18. The van der Waals surface area contributed by atoms with Gasteiger partial charge in [-0.1, -0.05) is 17.7 Å². The number of nitrogens with zero attached hydrogens (tertiary/aromatic N) is 1. The number of halogens is 1. The molecule has 0 saturated heterocycles. The molecule has 1 amide bonds. The predicted molar refractivity (Wildman–Crippen MR) is 168 cm³/mol. The van der Waals surface area contributed by atoms with E-state index in [1.54, 1.807) is 12.1 Å². The monoisotopic (exact) mass is 659 g/mol. The number of carbonyl (C=O) groups excluding carboxylic acids is 1. The van der Waals surface area contributed by atoms with E-state index in [9.17, 15) is 44.1 Å². The van der Waals surface area contributed by atoms with Crippen LogP contribution in [0.4, 0.5) is 0 Å². The Morgan fingerprint density at radius 3 is 2.35 bits per heavy atom. The zero-order valence-electron chi connectivity index (χ0n) is 23.3. The lowest BCUT2D eigenvalue weighted by molar-refractivity contribution is 0.0959. The summed E-state index contributed by atoms with van der Waals surface area (Å²) in [5.41, 5.74) is -4.34. The Hall–Kier alpha value is -5.60. The number of fused-ring (bicyclic) bond motifs is 4. The standard InChI is InChI=1S/C31H18ClN3O10S/c1-45-14-8-13(36)18-19(23(14)37)25(39)21-20(24(18)38)27(41)31(28(21)42)5-4-10-6-11-7-12(34-30(44)17(11)26(40)22(10)31)9-33-35-29(43)15-2-3-16(32)46-15/h2-3,6-9,40-42H,4-5H2,1H3,(H,34,44)(H,35,43)/t31-/m0/s1. The summed E-state index contributed by atoms with van der Waals surface area (Å²) in [5.74, 6) is -3.20. The van der Waals surface area contributed by atoms with Gasteiger partial charge in [0.15, 0.2) is 11.2 Å². The number of aromatic hydroxyl groups is 1. The number of H-pyrrole nitrogens is 1. The fraction of sp³-hybridized carbons (Fsp3) is 0.129. The Morgan fingerprint density at radius 2 is 1.70 bits per heavy atom. The fourth-order valence-electron chi connectivity index (χ4n) is 6.49. The molecule has 0 aliphatic heterocycles. The van der Waals surface area contributed by atoms with Crippen molar-refractivity contribution in [3.05, 3.63) is 128 Å². The molecular formula is C31H18ClN3O10S. The molecule has 0 unspecified atom stereocenters. The number of methoxy groups -OCH3 is 1. The van der Waals surface area contributed by atoms with Crippen molar-refractivity contribution in [1.82, 2.24) is 10.4 Å². The van der Waals surface area contributed by atoms with E-state index >= 15 is 0 Å². The maximum atomic E-state index is 13.6. The maximum absolute atomic E-state index is 13.6. The van der Waals surface area contributed by atoms with Crippen LogP contribution in [-0.2, 0) is 11.8 Å². The number of hydrazone groups is 1. The number of aliphatic hydroxyl groups excluding tert-OH is 2. The van der Waals surface area contributed by atoms with Gasteiger partial charge in [0, 0.05) is 11.6 Å². The van der Waals surface area contributed by atoms with Gasteiger partial charge in [-0.25, -0.2) is 5.43 Å². The Balaban J connectivity index is 1.41. The third kappa shape index (κ3) is 3.77. The number of pyridine rings is 1. The quantitative estimate of drug-likeness (QED) is 0.129. The number of rotatable bonds is 4. The van der Waals surface area contributed by atoms with E-state index in [1.165, 1.54) is 18.3 Å². The van der Waals surface area contributed by atoms with E-state index in [2.05, 4.69) is 15.5 Å².